The van der Waals surface area contributed by atoms with E-state index in [-0.39, 0.29) is 11.9 Å². The summed E-state index contributed by atoms with van der Waals surface area (Å²) in [4.78, 5) is 4.53. The van der Waals surface area contributed by atoms with Crippen LogP contribution in [0.5, 0.6) is 0 Å². The topological polar surface area (TPSA) is 38.1 Å². The van der Waals surface area contributed by atoms with Crippen LogP contribution in [-0.4, -0.2) is 4.98 Å². The zero-order chi connectivity index (χ0) is 19.2. The molecule has 4 rings (SSSR count). The monoisotopic (exact) mass is 372 g/mol. The number of nitrogens with zero attached hydrogens (tertiary/aromatic N) is 1. The van der Waals surface area contributed by atoms with Crippen LogP contribution in [0.15, 0.2) is 95.6 Å². The number of halogens is 1. The van der Waals surface area contributed by atoms with Crippen molar-refractivity contribution < 1.29 is 8.81 Å². The average molecular weight is 372 g/mol. The Balaban J connectivity index is 1.48. The lowest BCUT2D eigenvalue weighted by atomic mass is 9.99. The lowest BCUT2D eigenvalue weighted by Gasteiger charge is -2.19. The molecule has 1 atom stereocenters. The normalized spacial score (nSPS) is 12.0. The molecule has 0 aliphatic rings. The molecule has 1 N–H and O–H groups in total. The second-order valence-corrected chi connectivity index (χ2v) is 6.68. The van der Waals surface area contributed by atoms with Crippen molar-refractivity contribution >= 4 is 0 Å². The smallest absolute Gasteiger partial charge is 0.226 e. The van der Waals surface area contributed by atoms with Gasteiger partial charge in [0.25, 0.3) is 0 Å². The molecular formula is C24H21FN2O. The van der Waals surface area contributed by atoms with E-state index in [1.165, 1.54) is 23.3 Å². The fraction of sp³-hybridized carbons (Fsp3) is 0.125. The van der Waals surface area contributed by atoms with E-state index in [4.69, 9.17) is 4.42 Å². The predicted octanol–water partition coefficient (Wildman–Crippen LogP) is 5.55. The Morgan fingerprint density at radius 2 is 1.54 bits per heavy atom. The van der Waals surface area contributed by atoms with E-state index in [1.54, 1.807) is 18.4 Å². The summed E-state index contributed by atoms with van der Waals surface area (Å²) in [7, 11) is 0. The minimum atomic E-state index is -0.274. The highest BCUT2D eigenvalue weighted by atomic mass is 19.1. The van der Waals surface area contributed by atoms with Gasteiger partial charge in [0.2, 0.25) is 5.89 Å². The van der Waals surface area contributed by atoms with Gasteiger partial charge in [-0.15, -0.1) is 0 Å². The third-order valence-electron chi connectivity index (χ3n) is 4.66. The summed E-state index contributed by atoms with van der Waals surface area (Å²) in [6.45, 7) is 0.580. The minimum Gasteiger partial charge on any atom is -0.444 e. The van der Waals surface area contributed by atoms with E-state index >= 15 is 0 Å². The SMILES string of the molecule is Fc1ccc(-c2nc(CNC(Cc3ccccc3)c3ccccc3)co2)cc1. The number of hydrogen-bond donors (Lipinski definition) is 1. The number of nitrogens with one attached hydrogen (secondary N) is 1. The Bertz CT molecular complexity index is 998. The van der Waals surface area contributed by atoms with Gasteiger partial charge in [-0.1, -0.05) is 60.7 Å². The Morgan fingerprint density at radius 3 is 2.25 bits per heavy atom. The first-order valence-electron chi connectivity index (χ1n) is 9.30. The first kappa shape index (κ1) is 18.1. The van der Waals surface area contributed by atoms with Crippen molar-refractivity contribution in [1.82, 2.24) is 10.3 Å². The van der Waals surface area contributed by atoms with Crippen LogP contribution in [0.2, 0.25) is 0 Å². The molecule has 1 aromatic heterocycles. The van der Waals surface area contributed by atoms with Gasteiger partial charge in [-0.3, -0.25) is 0 Å². The standard InChI is InChI=1S/C24H21FN2O/c25-21-13-11-20(12-14-21)24-27-22(17-28-24)16-26-23(19-9-5-2-6-10-19)15-18-7-3-1-4-8-18/h1-14,17,23,26H,15-16H2. The molecule has 0 amide bonds. The molecule has 1 unspecified atom stereocenters. The maximum atomic E-state index is 13.1. The summed E-state index contributed by atoms with van der Waals surface area (Å²) in [5, 5.41) is 3.59. The van der Waals surface area contributed by atoms with Crippen LogP contribution in [-0.2, 0) is 13.0 Å². The van der Waals surface area contributed by atoms with Crippen LogP contribution in [0.3, 0.4) is 0 Å². The molecule has 28 heavy (non-hydrogen) atoms. The molecule has 0 radical (unpaired) electrons. The summed E-state index contributed by atoms with van der Waals surface area (Å²) >= 11 is 0. The first-order chi connectivity index (χ1) is 13.8. The Kier molecular flexibility index (Phi) is 5.59. The molecule has 0 aliphatic heterocycles. The largest absolute Gasteiger partial charge is 0.444 e. The highest BCUT2D eigenvalue weighted by molar-refractivity contribution is 5.52. The average Bonchev–Trinajstić information content (AvgIpc) is 3.22. The number of oxazole rings is 1. The fourth-order valence-electron chi connectivity index (χ4n) is 3.18. The minimum absolute atomic E-state index is 0.162. The van der Waals surface area contributed by atoms with Crippen molar-refractivity contribution in [1.29, 1.82) is 0 Å². The van der Waals surface area contributed by atoms with Gasteiger partial charge in [0.05, 0.1) is 5.69 Å². The van der Waals surface area contributed by atoms with Crippen molar-refractivity contribution in [3.63, 3.8) is 0 Å². The summed E-state index contributed by atoms with van der Waals surface area (Å²) < 4.78 is 18.7. The number of rotatable bonds is 7. The number of benzene rings is 3. The summed E-state index contributed by atoms with van der Waals surface area (Å²) in [6.07, 6.45) is 2.53. The highest BCUT2D eigenvalue weighted by Crippen LogP contribution is 2.21. The van der Waals surface area contributed by atoms with E-state index in [0.717, 1.165) is 17.7 Å². The maximum Gasteiger partial charge on any atom is 0.226 e. The van der Waals surface area contributed by atoms with Crippen molar-refractivity contribution in [2.24, 2.45) is 0 Å². The van der Waals surface area contributed by atoms with Crippen molar-refractivity contribution in [2.45, 2.75) is 19.0 Å². The Labute approximate surface area is 163 Å². The maximum absolute atomic E-state index is 13.1. The van der Waals surface area contributed by atoms with Crippen molar-refractivity contribution in [2.75, 3.05) is 0 Å². The van der Waals surface area contributed by atoms with Crippen molar-refractivity contribution in [3.8, 4) is 11.5 Å². The molecule has 140 valence electrons. The zero-order valence-corrected chi connectivity index (χ0v) is 15.4. The van der Waals surface area contributed by atoms with E-state index in [9.17, 15) is 4.39 Å². The lowest BCUT2D eigenvalue weighted by molar-refractivity contribution is 0.521. The van der Waals surface area contributed by atoms with E-state index in [2.05, 4.69) is 58.8 Å². The van der Waals surface area contributed by atoms with E-state index < -0.39 is 0 Å². The molecule has 3 aromatic carbocycles. The molecule has 3 nitrogen and oxygen atoms in total. The third-order valence-corrected chi connectivity index (χ3v) is 4.66. The van der Waals surface area contributed by atoms with Gasteiger partial charge in [-0.2, -0.15) is 0 Å². The van der Waals surface area contributed by atoms with Crippen LogP contribution < -0.4 is 5.32 Å². The van der Waals surface area contributed by atoms with Gasteiger partial charge in [-0.05, 0) is 41.8 Å². The lowest BCUT2D eigenvalue weighted by Crippen LogP contribution is -2.23. The van der Waals surface area contributed by atoms with Gasteiger partial charge < -0.3 is 9.73 Å². The molecular weight excluding hydrogens is 351 g/mol. The highest BCUT2D eigenvalue weighted by Gasteiger charge is 2.13. The molecule has 0 spiro atoms. The molecule has 0 bridgehead atoms. The van der Waals surface area contributed by atoms with Crippen molar-refractivity contribution in [3.05, 3.63) is 114 Å². The van der Waals surface area contributed by atoms with Crippen LogP contribution in [0.4, 0.5) is 4.39 Å². The summed E-state index contributed by atoms with van der Waals surface area (Å²) in [5.74, 6) is 0.222. The van der Waals surface area contributed by atoms with Gasteiger partial charge in [-0.25, -0.2) is 9.37 Å². The third kappa shape index (κ3) is 4.53. The quantitative estimate of drug-likeness (QED) is 0.462. The predicted molar refractivity (Wildman–Crippen MR) is 108 cm³/mol. The van der Waals surface area contributed by atoms with Gasteiger partial charge in [0, 0.05) is 18.2 Å². The Morgan fingerprint density at radius 1 is 0.857 bits per heavy atom. The van der Waals surface area contributed by atoms with Crippen LogP contribution in [0.25, 0.3) is 11.5 Å². The van der Waals surface area contributed by atoms with Crippen LogP contribution in [0.1, 0.15) is 22.9 Å². The summed E-state index contributed by atoms with van der Waals surface area (Å²) in [5.41, 5.74) is 4.08. The summed E-state index contributed by atoms with van der Waals surface area (Å²) in [6, 6.07) is 27.1. The number of aromatic nitrogens is 1. The molecule has 4 aromatic rings. The van der Waals surface area contributed by atoms with Crippen LogP contribution >= 0.6 is 0 Å². The number of hydrogen-bond acceptors (Lipinski definition) is 3. The fourth-order valence-corrected chi connectivity index (χ4v) is 3.18. The molecule has 4 heteroatoms. The molecule has 0 fully saturated rings. The van der Waals surface area contributed by atoms with Gasteiger partial charge >= 0.3 is 0 Å². The van der Waals surface area contributed by atoms with Crippen LogP contribution in [0, 0.1) is 5.82 Å². The zero-order valence-electron chi connectivity index (χ0n) is 15.4. The molecule has 0 saturated carbocycles. The Hall–Kier alpha value is -3.24. The van der Waals surface area contributed by atoms with E-state index in [1.807, 2.05) is 12.1 Å². The molecule has 0 saturated heterocycles. The van der Waals surface area contributed by atoms with E-state index in [0.29, 0.717) is 12.4 Å². The van der Waals surface area contributed by atoms with Gasteiger partial charge in [0.15, 0.2) is 0 Å². The second kappa shape index (κ2) is 8.63. The first-order valence-corrected chi connectivity index (χ1v) is 9.30. The van der Waals surface area contributed by atoms with Gasteiger partial charge in [0.1, 0.15) is 12.1 Å². The second-order valence-electron chi connectivity index (χ2n) is 6.68. The molecule has 1 heterocycles. The molecule has 0 aliphatic carbocycles.